The minimum Gasteiger partial charge on any atom is -0.495 e. The second-order valence-corrected chi connectivity index (χ2v) is 7.82. The molecule has 1 heterocycles. The van der Waals surface area contributed by atoms with Gasteiger partial charge in [0.2, 0.25) is 0 Å². The highest BCUT2D eigenvalue weighted by Gasteiger charge is 2.43. The molecule has 24 heavy (non-hydrogen) atoms. The van der Waals surface area contributed by atoms with E-state index in [0.29, 0.717) is 0 Å². The molecule has 0 bridgehead atoms. The Morgan fingerprint density at radius 3 is 2.67 bits per heavy atom. The third-order valence-electron chi connectivity index (χ3n) is 4.44. The first kappa shape index (κ1) is 16.0. The van der Waals surface area contributed by atoms with E-state index in [2.05, 4.69) is 37.2 Å². The number of carbonyl (C=O) groups is 1. The van der Waals surface area contributed by atoms with Crippen LogP contribution in [0.25, 0.3) is 0 Å². The van der Waals surface area contributed by atoms with Gasteiger partial charge in [0.25, 0.3) is 5.91 Å². The van der Waals surface area contributed by atoms with E-state index in [0.717, 1.165) is 44.4 Å². The maximum absolute atomic E-state index is 13.1. The van der Waals surface area contributed by atoms with Crippen molar-refractivity contribution < 1.29 is 9.53 Å². The second kappa shape index (κ2) is 6.08. The van der Waals surface area contributed by atoms with Crippen molar-refractivity contribution in [2.24, 2.45) is 0 Å². The van der Waals surface area contributed by atoms with E-state index in [4.69, 9.17) is 4.74 Å². The molecular weight excluding hydrogens is 436 g/mol. The Morgan fingerprint density at radius 2 is 1.96 bits per heavy atom. The lowest BCUT2D eigenvalue weighted by Crippen LogP contribution is -2.44. The summed E-state index contributed by atoms with van der Waals surface area (Å²) >= 11 is 7.10. The predicted octanol–water partition coefficient (Wildman–Crippen LogP) is 4.95. The second-order valence-electron chi connectivity index (χ2n) is 6.05. The average Bonchev–Trinajstić information content (AvgIpc) is 3.39. The zero-order valence-corrected chi connectivity index (χ0v) is 16.2. The van der Waals surface area contributed by atoms with Crippen LogP contribution in [0.1, 0.15) is 34.9 Å². The standard InChI is InChI=1S/C18H16Br2N2O2/c1-24-16-13(8-10(19)9-14(16)20)17-21-15-5-3-2-4-12(15)18(23)22(17)11-6-7-11/h2-5,8-9,11,17,21H,6-7H2,1H3/t17-/m0/s1. The summed E-state index contributed by atoms with van der Waals surface area (Å²) in [6.07, 6.45) is 1.84. The molecule has 1 fully saturated rings. The molecule has 0 saturated heterocycles. The summed E-state index contributed by atoms with van der Waals surface area (Å²) in [6.45, 7) is 0. The van der Waals surface area contributed by atoms with E-state index in [1.165, 1.54) is 0 Å². The highest BCUT2D eigenvalue weighted by molar-refractivity contribution is 9.11. The van der Waals surface area contributed by atoms with Gasteiger partial charge in [0, 0.05) is 21.8 Å². The molecule has 1 saturated carbocycles. The highest BCUT2D eigenvalue weighted by atomic mass is 79.9. The van der Waals surface area contributed by atoms with Crippen LogP contribution in [-0.2, 0) is 0 Å². The number of hydrogen-bond donors (Lipinski definition) is 1. The molecule has 1 N–H and O–H groups in total. The summed E-state index contributed by atoms with van der Waals surface area (Å²) in [5.74, 6) is 0.823. The smallest absolute Gasteiger partial charge is 0.258 e. The molecule has 0 spiro atoms. The molecule has 1 atom stereocenters. The summed E-state index contributed by atoms with van der Waals surface area (Å²) in [5.41, 5.74) is 2.53. The van der Waals surface area contributed by atoms with Crippen LogP contribution in [0, 0.1) is 0 Å². The molecule has 124 valence electrons. The van der Waals surface area contributed by atoms with Gasteiger partial charge in [-0.15, -0.1) is 0 Å². The molecule has 2 aliphatic rings. The van der Waals surface area contributed by atoms with Crippen LogP contribution in [0.15, 0.2) is 45.3 Å². The fraction of sp³-hybridized carbons (Fsp3) is 0.278. The average molecular weight is 452 g/mol. The summed E-state index contributed by atoms with van der Waals surface area (Å²) in [5, 5.41) is 3.53. The topological polar surface area (TPSA) is 41.6 Å². The largest absolute Gasteiger partial charge is 0.495 e. The number of rotatable bonds is 3. The van der Waals surface area contributed by atoms with Crippen LogP contribution < -0.4 is 10.1 Å². The number of nitrogens with one attached hydrogen (secondary N) is 1. The Bertz CT molecular complexity index is 821. The lowest BCUT2D eigenvalue weighted by atomic mass is 10.0. The third-order valence-corrected chi connectivity index (χ3v) is 5.49. The molecule has 0 unspecified atom stereocenters. The van der Waals surface area contributed by atoms with Gasteiger partial charge in [-0.2, -0.15) is 0 Å². The molecule has 1 aliphatic heterocycles. The molecule has 4 rings (SSSR count). The van der Waals surface area contributed by atoms with Gasteiger partial charge in [-0.1, -0.05) is 28.1 Å². The summed E-state index contributed by atoms with van der Waals surface area (Å²) in [6, 6.07) is 11.9. The van der Waals surface area contributed by atoms with Gasteiger partial charge in [0.15, 0.2) is 0 Å². The van der Waals surface area contributed by atoms with Gasteiger partial charge >= 0.3 is 0 Å². The third kappa shape index (κ3) is 2.62. The lowest BCUT2D eigenvalue weighted by molar-refractivity contribution is 0.0664. The first-order valence-electron chi connectivity index (χ1n) is 7.81. The van der Waals surface area contributed by atoms with Gasteiger partial charge in [0.1, 0.15) is 11.9 Å². The van der Waals surface area contributed by atoms with Crippen molar-refractivity contribution in [2.45, 2.75) is 25.0 Å². The maximum Gasteiger partial charge on any atom is 0.258 e. The van der Waals surface area contributed by atoms with Crippen LogP contribution in [0.3, 0.4) is 0 Å². The van der Waals surface area contributed by atoms with Gasteiger partial charge in [0.05, 0.1) is 17.1 Å². The number of ether oxygens (including phenoxy) is 1. The van der Waals surface area contributed by atoms with Crippen molar-refractivity contribution in [3.63, 3.8) is 0 Å². The number of carbonyl (C=O) groups excluding carboxylic acids is 1. The first-order valence-corrected chi connectivity index (χ1v) is 9.40. The first-order chi connectivity index (χ1) is 11.6. The van der Waals surface area contributed by atoms with Crippen LogP contribution in [-0.4, -0.2) is 24.0 Å². The number of halogens is 2. The molecule has 1 aliphatic carbocycles. The molecule has 0 radical (unpaired) electrons. The van der Waals surface area contributed by atoms with Crippen LogP contribution in [0.2, 0.25) is 0 Å². The predicted molar refractivity (Wildman–Crippen MR) is 100 cm³/mol. The molecule has 1 amide bonds. The monoisotopic (exact) mass is 450 g/mol. The van der Waals surface area contributed by atoms with Gasteiger partial charge in [-0.3, -0.25) is 4.79 Å². The Balaban J connectivity index is 1.86. The van der Waals surface area contributed by atoms with Crippen molar-refractivity contribution >= 4 is 43.5 Å². The minimum absolute atomic E-state index is 0.0787. The number of fused-ring (bicyclic) bond motifs is 1. The minimum atomic E-state index is -0.247. The van der Waals surface area contributed by atoms with Crippen molar-refractivity contribution in [3.8, 4) is 5.75 Å². The number of para-hydroxylation sites is 1. The molecule has 2 aromatic carbocycles. The summed E-state index contributed by atoms with van der Waals surface area (Å²) in [7, 11) is 1.65. The number of nitrogens with zero attached hydrogens (tertiary/aromatic N) is 1. The van der Waals surface area contributed by atoms with E-state index in [1.54, 1.807) is 7.11 Å². The molecule has 4 nitrogen and oxygen atoms in total. The van der Waals surface area contributed by atoms with E-state index in [-0.39, 0.29) is 18.1 Å². The number of benzene rings is 2. The van der Waals surface area contributed by atoms with Gasteiger partial charge in [-0.25, -0.2) is 0 Å². The lowest BCUT2D eigenvalue weighted by Gasteiger charge is -2.39. The number of anilines is 1. The summed E-state index contributed by atoms with van der Waals surface area (Å²) in [4.78, 5) is 15.0. The number of amides is 1. The van der Waals surface area contributed by atoms with Crippen LogP contribution in [0.4, 0.5) is 5.69 Å². The van der Waals surface area contributed by atoms with E-state index >= 15 is 0 Å². The zero-order valence-electron chi connectivity index (χ0n) is 13.1. The van der Waals surface area contributed by atoms with E-state index < -0.39 is 0 Å². The van der Waals surface area contributed by atoms with Crippen molar-refractivity contribution in [2.75, 3.05) is 12.4 Å². The van der Waals surface area contributed by atoms with Crippen LogP contribution >= 0.6 is 31.9 Å². The molecule has 2 aromatic rings. The Hall–Kier alpha value is -1.53. The summed E-state index contributed by atoms with van der Waals surface area (Å²) < 4.78 is 7.41. The fourth-order valence-corrected chi connectivity index (χ4v) is 4.64. The van der Waals surface area contributed by atoms with E-state index in [9.17, 15) is 4.79 Å². The highest BCUT2D eigenvalue weighted by Crippen LogP contribution is 2.45. The quantitative estimate of drug-likeness (QED) is 0.717. The van der Waals surface area contributed by atoms with Gasteiger partial charge < -0.3 is 15.0 Å². The molecular formula is C18H16Br2N2O2. The Morgan fingerprint density at radius 1 is 1.21 bits per heavy atom. The normalized spacial score (nSPS) is 19.7. The van der Waals surface area contributed by atoms with Gasteiger partial charge in [-0.05, 0) is 53.0 Å². The van der Waals surface area contributed by atoms with Crippen LogP contribution in [0.5, 0.6) is 5.75 Å². The van der Waals surface area contributed by atoms with E-state index in [1.807, 2.05) is 41.3 Å². The van der Waals surface area contributed by atoms with Crippen molar-refractivity contribution in [3.05, 3.63) is 56.5 Å². The van der Waals surface area contributed by atoms with Crippen molar-refractivity contribution in [1.29, 1.82) is 0 Å². The molecule has 6 heteroatoms. The number of methoxy groups -OCH3 is 1. The SMILES string of the molecule is COc1c(Br)cc(Br)cc1[C@H]1Nc2ccccc2C(=O)N1C1CC1. The maximum atomic E-state index is 13.1. The molecule has 0 aromatic heterocycles. The Kier molecular flexibility index (Phi) is 4.04. The number of hydrogen-bond acceptors (Lipinski definition) is 3. The Labute approximate surface area is 157 Å². The fourth-order valence-electron chi connectivity index (χ4n) is 3.22. The van der Waals surface area contributed by atoms with Crippen molar-refractivity contribution in [1.82, 2.24) is 4.90 Å². The zero-order chi connectivity index (χ0) is 16.8.